The first-order valence-corrected chi connectivity index (χ1v) is 6.37. The molecule has 0 aromatic rings. The van der Waals surface area contributed by atoms with Crippen molar-refractivity contribution in [2.75, 3.05) is 5.75 Å². The van der Waals surface area contributed by atoms with Crippen LogP contribution in [0.1, 0.15) is 52.9 Å². The summed E-state index contributed by atoms with van der Waals surface area (Å²) >= 11 is 1.46. The van der Waals surface area contributed by atoms with E-state index in [2.05, 4.69) is 13.8 Å². The van der Waals surface area contributed by atoms with Crippen LogP contribution in [-0.2, 0) is 4.79 Å². The Morgan fingerprint density at radius 3 is 2.46 bits per heavy atom. The van der Waals surface area contributed by atoms with Crippen molar-refractivity contribution in [2.45, 2.75) is 52.9 Å². The van der Waals surface area contributed by atoms with Gasteiger partial charge in [-0.1, -0.05) is 58.2 Å². The van der Waals surface area contributed by atoms with Gasteiger partial charge >= 0.3 is 0 Å². The van der Waals surface area contributed by atoms with Crippen molar-refractivity contribution < 1.29 is 4.79 Å². The molecule has 0 aromatic heterocycles. The third-order valence-electron chi connectivity index (χ3n) is 2.18. The maximum absolute atomic E-state index is 11.4. The molecule has 0 N–H and O–H groups in total. The lowest BCUT2D eigenvalue weighted by molar-refractivity contribution is -0.114. The molecule has 0 saturated carbocycles. The van der Waals surface area contributed by atoms with Gasteiger partial charge in [-0.25, -0.2) is 0 Å². The molecule has 1 atom stereocenters. The molecule has 0 heterocycles. The number of carbonyl (C=O) groups is 1. The maximum atomic E-state index is 11.4. The molecule has 0 amide bonds. The standard InChI is InChI=1S/C11H22OS/c1-4-6-7-8-9-10(3)11(12)13-5-2/h10H,4-9H2,1-3H3/t10-/m0/s1. The number of thioether (sulfide) groups is 1. The lowest BCUT2D eigenvalue weighted by Gasteiger charge is -2.08. The van der Waals surface area contributed by atoms with Crippen LogP contribution in [0.2, 0.25) is 0 Å². The van der Waals surface area contributed by atoms with Crippen LogP contribution >= 0.6 is 11.8 Å². The summed E-state index contributed by atoms with van der Waals surface area (Å²) < 4.78 is 0. The molecule has 0 spiro atoms. The molecule has 0 rings (SSSR count). The molecule has 78 valence electrons. The molecule has 0 aromatic carbocycles. The van der Waals surface area contributed by atoms with Crippen molar-refractivity contribution in [3.63, 3.8) is 0 Å². The third kappa shape index (κ3) is 7.12. The second-order valence-corrected chi connectivity index (χ2v) is 4.77. The van der Waals surface area contributed by atoms with Crippen molar-refractivity contribution >= 4 is 16.9 Å². The van der Waals surface area contributed by atoms with Gasteiger partial charge in [-0.15, -0.1) is 0 Å². The molecule has 0 aliphatic rings. The summed E-state index contributed by atoms with van der Waals surface area (Å²) in [5.41, 5.74) is 0. The van der Waals surface area contributed by atoms with Gasteiger partial charge in [-0.3, -0.25) is 4.79 Å². The van der Waals surface area contributed by atoms with Gasteiger partial charge in [0, 0.05) is 5.92 Å². The van der Waals surface area contributed by atoms with E-state index in [9.17, 15) is 4.79 Å². The largest absolute Gasteiger partial charge is 0.287 e. The van der Waals surface area contributed by atoms with E-state index in [0.717, 1.165) is 12.2 Å². The average Bonchev–Trinajstić information content (AvgIpc) is 2.12. The van der Waals surface area contributed by atoms with Gasteiger partial charge in [0.2, 0.25) is 0 Å². The fourth-order valence-electron chi connectivity index (χ4n) is 1.28. The van der Waals surface area contributed by atoms with Crippen molar-refractivity contribution in [2.24, 2.45) is 5.92 Å². The van der Waals surface area contributed by atoms with Crippen LogP contribution < -0.4 is 0 Å². The van der Waals surface area contributed by atoms with Crippen molar-refractivity contribution in [3.05, 3.63) is 0 Å². The smallest absolute Gasteiger partial charge is 0.191 e. The normalized spacial score (nSPS) is 12.8. The highest BCUT2D eigenvalue weighted by molar-refractivity contribution is 8.13. The van der Waals surface area contributed by atoms with Gasteiger partial charge in [0.25, 0.3) is 0 Å². The predicted molar refractivity (Wildman–Crippen MR) is 61.1 cm³/mol. The van der Waals surface area contributed by atoms with E-state index < -0.39 is 0 Å². The molecule has 0 aliphatic heterocycles. The number of hydrogen-bond acceptors (Lipinski definition) is 2. The van der Waals surface area contributed by atoms with Crippen molar-refractivity contribution in [1.82, 2.24) is 0 Å². The fourth-order valence-corrected chi connectivity index (χ4v) is 1.97. The Bertz CT molecular complexity index is 134. The minimum atomic E-state index is 0.266. The first-order valence-electron chi connectivity index (χ1n) is 5.39. The van der Waals surface area contributed by atoms with E-state index in [1.54, 1.807) is 0 Å². The number of rotatable bonds is 7. The maximum Gasteiger partial charge on any atom is 0.191 e. The minimum absolute atomic E-state index is 0.266. The fraction of sp³-hybridized carbons (Fsp3) is 0.909. The summed E-state index contributed by atoms with van der Waals surface area (Å²) in [6.45, 7) is 6.30. The van der Waals surface area contributed by atoms with Crippen LogP contribution in [0.15, 0.2) is 0 Å². The molecule has 0 radical (unpaired) electrons. The molecule has 0 unspecified atom stereocenters. The first kappa shape index (κ1) is 13.0. The predicted octanol–water partition coefficient (Wildman–Crippen LogP) is 3.87. The molecule has 0 fully saturated rings. The zero-order valence-electron chi connectivity index (χ0n) is 9.14. The highest BCUT2D eigenvalue weighted by Gasteiger charge is 2.11. The van der Waals surface area contributed by atoms with Crippen LogP contribution in [0.4, 0.5) is 0 Å². The Morgan fingerprint density at radius 2 is 1.92 bits per heavy atom. The second kappa shape index (κ2) is 8.61. The lowest BCUT2D eigenvalue weighted by Crippen LogP contribution is -2.06. The monoisotopic (exact) mass is 202 g/mol. The van der Waals surface area contributed by atoms with E-state index in [1.807, 2.05) is 6.92 Å². The summed E-state index contributed by atoms with van der Waals surface area (Å²) in [6, 6.07) is 0. The molecular formula is C11H22OS. The van der Waals surface area contributed by atoms with Crippen LogP contribution in [0.3, 0.4) is 0 Å². The Morgan fingerprint density at radius 1 is 1.23 bits per heavy atom. The molecule has 0 bridgehead atoms. The van der Waals surface area contributed by atoms with E-state index in [4.69, 9.17) is 0 Å². The topological polar surface area (TPSA) is 17.1 Å². The second-order valence-electron chi connectivity index (χ2n) is 3.50. The van der Waals surface area contributed by atoms with E-state index in [0.29, 0.717) is 5.12 Å². The summed E-state index contributed by atoms with van der Waals surface area (Å²) in [4.78, 5) is 11.4. The Balaban J connectivity index is 3.38. The average molecular weight is 202 g/mol. The zero-order chi connectivity index (χ0) is 10.1. The highest BCUT2D eigenvalue weighted by Crippen LogP contribution is 2.17. The SMILES string of the molecule is CCCCCC[C@H](C)C(=O)SCC. The Kier molecular flexibility index (Phi) is 8.62. The van der Waals surface area contributed by atoms with Gasteiger partial charge in [0.15, 0.2) is 5.12 Å². The summed E-state index contributed by atoms with van der Waals surface area (Å²) in [6.07, 6.45) is 6.15. The molecule has 0 aliphatic carbocycles. The van der Waals surface area contributed by atoms with Gasteiger partial charge < -0.3 is 0 Å². The summed E-state index contributed by atoms with van der Waals surface area (Å²) in [5, 5.41) is 0.374. The number of hydrogen-bond donors (Lipinski definition) is 0. The zero-order valence-corrected chi connectivity index (χ0v) is 9.95. The Labute approximate surface area is 86.7 Å². The van der Waals surface area contributed by atoms with Gasteiger partial charge in [-0.2, -0.15) is 0 Å². The molecule has 1 nitrogen and oxygen atoms in total. The van der Waals surface area contributed by atoms with Gasteiger partial charge in [-0.05, 0) is 12.2 Å². The lowest BCUT2D eigenvalue weighted by atomic mass is 10.0. The van der Waals surface area contributed by atoms with E-state index in [1.165, 1.54) is 37.4 Å². The van der Waals surface area contributed by atoms with Gasteiger partial charge in [0.05, 0.1) is 0 Å². The molecule has 0 saturated heterocycles. The van der Waals surface area contributed by atoms with Crippen LogP contribution in [0, 0.1) is 5.92 Å². The minimum Gasteiger partial charge on any atom is -0.287 e. The number of carbonyl (C=O) groups excluding carboxylic acids is 1. The Hall–Kier alpha value is 0.0200. The van der Waals surface area contributed by atoms with Crippen molar-refractivity contribution in [3.8, 4) is 0 Å². The van der Waals surface area contributed by atoms with Gasteiger partial charge in [0.1, 0.15) is 0 Å². The molecule has 2 heteroatoms. The third-order valence-corrected chi connectivity index (χ3v) is 3.16. The van der Waals surface area contributed by atoms with Crippen LogP contribution in [-0.4, -0.2) is 10.9 Å². The summed E-state index contributed by atoms with van der Waals surface area (Å²) in [5.74, 6) is 1.18. The van der Waals surface area contributed by atoms with Crippen molar-refractivity contribution in [1.29, 1.82) is 0 Å². The van der Waals surface area contributed by atoms with Crippen LogP contribution in [0.5, 0.6) is 0 Å². The van der Waals surface area contributed by atoms with Crippen LogP contribution in [0.25, 0.3) is 0 Å². The van der Waals surface area contributed by atoms with E-state index in [-0.39, 0.29) is 5.92 Å². The highest BCUT2D eigenvalue weighted by atomic mass is 32.2. The first-order chi connectivity index (χ1) is 6.22. The quantitative estimate of drug-likeness (QED) is 0.583. The number of unbranched alkanes of at least 4 members (excludes halogenated alkanes) is 3. The van der Waals surface area contributed by atoms with E-state index >= 15 is 0 Å². The summed E-state index contributed by atoms with van der Waals surface area (Å²) in [7, 11) is 0. The molecule has 13 heavy (non-hydrogen) atoms. The molecular weight excluding hydrogens is 180 g/mol.